The molecule has 0 saturated heterocycles. The summed E-state index contributed by atoms with van der Waals surface area (Å²) in [5, 5.41) is 16.8. The van der Waals surface area contributed by atoms with Crippen LogP contribution in [0.15, 0.2) is 10.5 Å². The van der Waals surface area contributed by atoms with Gasteiger partial charge in [0.25, 0.3) is 5.89 Å². The van der Waals surface area contributed by atoms with Crippen molar-refractivity contribution in [1.29, 1.82) is 0 Å². The van der Waals surface area contributed by atoms with Gasteiger partial charge in [0.05, 0.1) is 0 Å². The van der Waals surface area contributed by atoms with E-state index < -0.39 is 5.97 Å². The average molecular weight is 249 g/mol. The number of aryl methyl sites for hydroxylation is 3. The lowest BCUT2D eigenvalue weighted by Gasteiger charge is -2.06. The maximum atomic E-state index is 10.9. The largest absolute Gasteiger partial charge is 0.480 e. The highest BCUT2D eigenvalue weighted by Gasteiger charge is 2.18. The highest BCUT2D eigenvalue weighted by atomic mass is 16.4. The zero-order valence-corrected chi connectivity index (χ0v) is 10.6. The lowest BCUT2D eigenvalue weighted by molar-refractivity contribution is -0.137. The lowest BCUT2D eigenvalue weighted by atomic mass is 10.2. The first-order chi connectivity index (χ1) is 8.52. The van der Waals surface area contributed by atoms with Gasteiger partial charge in [-0.25, -0.2) is 0 Å². The summed E-state index contributed by atoms with van der Waals surface area (Å²) in [6.45, 7) is 5.57. The second-order valence-electron chi connectivity index (χ2n) is 4.15. The van der Waals surface area contributed by atoms with Crippen molar-refractivity contribution in [3.63, 3.8) is 0 Å². The molecule has 6 nitrogen and oxygen atoms in total. The third-order valence-corrected chi connectivity index (χ3v) is 2.76. The summed E-state index contributed by atoms with van der Waals surface area (Å²) in [6.07, 6.45) is 0.657. The normalized spacial score (nSPS) is 10.8. The fourth-order valence-electron chi connectivity index (χ4n) is 1.96. The third kappa shape index (κ3) is 2.13. The van der Waals surface area contributed by atoms with E-state index in [1.54, 1.807) is 4.57 Å². The van der Waals surface area contributed by atoms with E-state index in [9.17, 15) is 4.79 Å². The van der Waals surface area contributed by atoms with Crippen molar-refractivity contribution in [3.05, 3.63) is 23.2 Å². The van der Waals surface area contributed by atoms with Crippen LogP contribution in [0.4, 0.5) is 0 Å². The van der Waals surface area contributed by atoms with Gasteiger partial charge in [0.2, 0.25) is 5.89 Å². The van der Waals surface area contributed by atoms with E-state index >= 15 is 0 Å². The highest BCUT2D eigenvalue weighted by Crippen LogP contribution is 2.26. The second-order valence-corrected chi connectivity index (χ2v) is 4.15. The van der Waals surface area contributed by atoms with Crippen molar-refractivity contribution in [2.75, 3.05) is 0 Å². The molecule has 0 unspecified atom stereocenters. The molecule has 0 atom stereocenters. The van der Waals surface area contributed by atoms with Crippen LogP contribution in [0.25, 0.3) is 11.6 Å². The zero-order chi connectivity index (χ0) is 13.3. The molecule has 0 bridgehead atoms. The van der Waals surface area contributed by atoms with Crippen LogP contribution in [0, 0.1) is 13.8 Å². The van der Waals surface area contributed by atoms with Crippen molar-refractivity contribution in [2.45, 2.75) is 33.7 Å². The van der Waals surface area contributed by atoms with Gasteiger partial charge in [-0.15, -0.1) is 10.2 Å². The van der Waals surface area contributed by atoms with E-state index in [4.69, 9.17) is 9.52 Å². The Morgan fingerprint density at radius 2 is 2.17 bits per heavy atom. The van der Waals surface area contributed by atoms with Gasteiger partial charge < -0.3 is 14.1 Å². The highest BCUT2D eigenvalue weighted by molar-refractivity contribution is 5.69. The molecule has 0 aromatic carbocycles. The van der Waals surface area contributed by atoms with Gasteiger partial charge in [-0.2, -0.15) is 0 Å². The molecule has 0 saturated carbocycles. The number of aromatic nitrogens is 3. The van der Waals surface area contributed by atoms with Crippen LogP contribution in [0.3, 0.4) is 0 Å². The maximum absolute atomic E-state index is 10.9. The second kappa shape index (κ2) is 4.64. The van der Waals surface area contributed by atoms with Gasteiger partial charge in [0.15, 0.2) is 0 Å². The molecule has 0 radical (unpaired) electrons. The Kier molecular flexibility index (Phi) is 3.18. The molecule has 0 spiro atoms. The Labute approximate surface area is 104 Å². The minimum atomic E-state index is -0.898. The van der Waals surface area contributed by atoms with Crippen molar-refractivity contribution in [2.24, 2.45) is 0 Å². The van der Waals surface area contributed by atoms with E-state index in [-0.39, 0.29) is 6.54 Å². The molecule has 6 heteroatoms. The summed E-state index contributed by atoms with van der Waals surface area (Å²) in [6, 6.07) is 1.91. The molecule has 0 fully saturated rings. The molecule has 0 amide bonds. The average Bonchev–Trinajstić information content (AvgIpc) is 2.84. The number of carbonyl (C=O) groups is 1. The molecule has 2 heterocycles. The summed E-state index contributed by atoms with van der Waals surface area (Å²) in [5.74, 6) is 0.0222. The molecule has 0 aliphatic carbocycles. The van der Waals surface area contributed by atoms with Gasteiger partial charge in [-0.1, -0.05) is 6.92 Å². The summed E-state index contributed by atoms with van der Waals surface area (Å²) < 4.78 is 7.17. The number of aliphatic carboxylic acids is 1. The Hall–Kier alpha value is -2.11. The van der Waals surface area contributed by atoms with Crippen LogP contribution in [0.5, 0.6) is 0 Å². The SMILES string of the molecule is CCc1nnc(-c2c(C)cc(C)n2CC(=O)O)o1. The first-order valence-corrected chi connectivity index (χ1v) is 5.74. The number of carboxylic acid groups (broad SMARTS) is 1. The van der Waals surface area contributed by atoms with E-state index in [0.29, 0.717) is 23.9 Å². The van der Waals surface area contributed by atoms with Crippen molar-refractivity contribution < 1.29 is 14.3 Å². The van der Waals surface area contributed by atoms with Crippen LogP contribution in [-0.4, -0.2) is 25.8 Å². The van der Waals surface area contributed by atoms with Crippen LogP contribution in [0.2, 0.25) is 0 Å². The van der Waals surface area contributed by atoms with Crippen molar-refractivity contribution in [3.8, 4) is 11.6 Å². The minimum Gasteiger partial charge on any atom is -0.480 e. The topological polar surface area (TPSA) is 81.2 Å². The molecule has 2 aromatic heterocycles. The fraction of sp³-hybridized carbons (Fsp3) is 0.417. The molecule has 2 rings (SSSR count). The van der Waals surface area contributed by atoms with E-state index in [1.165, 1.54) is 0 Å². The number of hydrogen-bond acceptors (Lipinski definition) is 4. The van der Waals surface area contributed by atoms with E-state index in [2.05, 4.69) is 10.2 Å². The van der Waals surface area contributed by atoms with Crippen LogP contribution in [-0.2, 0) is 17.8 Å². The number of carboxylic acids is 1. The van der Waals surface area contributed by atoms with E-state index in [0.717, 1.165) is 11.3 Å². The Balaban J connectivity index is 2.51. The molecular formula is C12H15N3O3. The van der Waals surface area contributed by atoms with Gasteiger partial charge in [0.1, 0.15) is 12.2 Å². The zero-order valence-electron chi connectivity index (χ0n) is 10.6. The Morgan fingerprint density at radius 1 is 1.44 bits per heavy atom. The standard InChI is InChI=1S/C12H15N3O3/c1-4-9-13-14-12(18-9)11-7(2)5-8(3)15(11)6-10(16)17/h5H,4,6H2,1-3H3,(H,16,17). The van der Waals surface area contributed by atoms with Gasteiger partial charge in [-0.3, -0.25) is 4.79 Å². The summed E-state index contributed by atoms with van der Waals surface area (Å²) in [5.41, 5.74) is 2.48. The van der Waals surface area contributed by atoms with E-state index in [1.807, 2.05) is 26.8 Å². The predicted molar refractivity (Wildman–Crippen MR) is 64.2 cm³/mol. The molecule has 18 heavy (non-hydrogen) atoms. The minimum absolute atomic E-state index is 0.112. The molecule has 0 aliphatic heterocycles. The molecule has 96 valence electrons. The molecule has 1 N–H and O–H groups in total. The van der Waals surface area contributed by atoms with Crippen molar-refractivity contribution in [1.82, 2.24) is 14.8 Å². The first-order valence-electron chi connectivity index (χ1n) is 5.74. The fourth-order valence-corrected chi connectivity index (χ4v) is 1.96. The number of hydrogen-bond donors (Lipinski definition) is 1. The quantitative estimate of drug-likeness (QED) is 0.893. The number of nitrogens with zero attached hydrogens (tertiary/aromatic N) is 3. The van der Waals surface area contributed by atoms with Crippen LogP contribution in [0.1, 0.15) is 24.1 Å². The van der Waals surface area contributed by atoms with Gasteiger partial charge >= 0.3 is 5.97 Å². The van der Waals surface area contributed by atoms with Crippen molar-refractivity contribution >= 4 is 5.97 Å². The number of rotatable bonds is 4. The Morgan fingerprint density at radius 3 is 2.72 bits per heavy atom. The van der Waals surface area contributed by atoms with Crippen LogP contribution >= 0.6 is 0 Å². The molecule has 0 aliphatic rings. The summed E-state index contributed by atoms with van der Waals surface area (Å²) in [7, 11) is 0. The lowest BCUT2D eigenvalue weighted by Crippen LogP contribution is -2.11. The monoisotopic (exact) mass is 249 g/mol. The molecule has 2 aromatic rings. The molecular weight excluding hydrogens is 234 g/mol. The third-order valence-electron chi connectivity index (χ3n) is 2.76. The first kappa shape index (κ1) is 12.3. The smallest absolute Gasteiger partial charge is 0.323 e. The van der Waals surface area contributed by atoms with Gasteiger partial charge in [0, 0.05) is 12.1 Å². The summed E-state index contributed by atoms with van der Waals surface area (Å²) >= 11 is 0. The van der Waals surface area contributed by atoms with Gasteiger partial charge in [-0.05, 0) is 25.5 Å². The van der Waals surface area contributed by atoms with Crippen LogP contribution < -0.4 is 0 Å². The predicted octanol–water partition coefficient (Wildman–Crippen LogP) is 1.80. The maximum Gasteiger partial charge on any atom is 0.323 e. The summed E-state index contributed by atoms with van der Waals surface area (Å²) in [4.78, 5) is 10.9. The Bertz CT molecular complexity index is 583.